The van der Waals surface area contributed by atoms with Crippen molar-refractivity contribution < 1.29 is 18.3 Å². The van der Waals surface area contributed by atoms with E-state index in [0.29, 0.717) is 34.7 Å². The fourth-order valence-corrected chi connectivity index (χ4v) is 3.03. The number of halogens is 2. The SMILES string of the molecule is CCCN(Cc1nnc(-c2ccccc2Cl)o1)C(=O)C(C)Oc1cccc(F)c1. The molecular formula is C21H21ClFN3O3. The molecule has 0 aliphatic carbocycles. The van der Waals surface area contributed by atoms with Gasteiger partial charge in [0.15, 0.2) is 6.10 Å². The fourth-order valence-electron chi connectivity index (χ4n) is 2.81. The Hall–Kier alpha value is -2.93. The number of nitrogens with zero attached hydrogens (tertiary/aromatic N) is 3. The van der Waals surface area contributed by atoms with Gasteiger partial charge >= 0.3 is 0 Å². The van der Waals surface area contributed by atoms with E-state index in [0.717, 1.165) is 6.42 Å². The molecule has 3 aromatic rings. The largest absolute Gasteiger partial charge is 0.481 e. The second-order valence-corrected chi connectivity index (χ2v) is 6.87. The van der Waals surface area contributed by atoms with Crippen LogP contribution in [-0.2, 0) is 11.3 Å². The van der Waals surface area contributed by atoms with Crippen LogP contribution in [0.1, 0.15) is 26.2 Å². The summed E-state index contributed by atoms with van der Waals surface area (Å²) in [5.74, 6) is 0.193. The molecule has 1 amide bonds. The van der Waals surface area contributed by atoms with Gasteiger partial charge < -0.3 is 14.1 Å². The molecule has 3 rings (SSSR count). The van der Waals surface area contributed by atoms with Crippen LogP contribution in [0.15, 0.2) is 52.9 Å². The van der Waals surface area contributed by atoms with Crippen molar-refractivity contribution >= 4 is 17.5 Å². The zero-order valence-electron chi connectivity index (χ0n) is 16.1. The lowest BCUT2D eigenvalue weighted by Crippen LogP contribution is -2.40. The molecule has 0 spiro atoms. The molecule has 0 radical (unpaired) electrons. The van der Waals surface area contributed by atoms with Crippen molar-refractivity contribution in [3.8, 4) is 17.2 Å². The van der Waals surface area contributed by atoms with Gasteiger partial charge in [-0.3, -0.25) is 4.79 Å². The highest BCUT2D eigenvalue weighted by Crippen LogP contribution is 2.26. The van der Waals surface area contributed by atoms with Gasteiger partial charge in [-0.2, -0.15) is 0 Å². The lowest BCUT2D eigenvalue weighted by Gasteiger charge is -2.24. The van der Waals surface area contributed by atoms with Gasteiger partial charge in [-0.1, -0.05) is 36.7 Å². The summed E-state index contributed by atoms with van der Waals surface area (Å²) in [6.45, 7) is 4.21. The second kappa shape index (κ2) is 9.52. The Balaban J connectivity index is 1.71. The van der Waals surface area contributed by atoms with E-state index in [9.17, 15) is 9.18 Å². The van der Waals surface area contributed by atoms with Crippen LogP contribution in [0.2, 0.25) is 5.02 Å². The number of hydrogen-bond acceptors (Lipinski definition) is 5. The van der Waals surface area contributed by atoms with E-state index in [1.807, 2.05) is 19.1 Å². The molecule has 1 aromatic heterocycles. The minimum Gasteiger partial charge on any atom is -0.481 e. The molecule has 0 bridgehead atoms. The summed E-state index contributed by atoms with van der Waals surface area (Å²) < 4.78 is 24.6. The average molecular weight is 418 g/mol. The van der Waals surface area contributed by atoms with E-state index in [2.05, 4.69) is 10.2 Å². The van der Waals surface area contributed by atoms with Gasteiger partial charge in [0.05, 0.1) is 17.1 Å². The van der Waals surface area contributed by atoms with E-state index in [1.165, 1.54) is 18.2 Å². The van der Waals surface area contributed by atoms with Crippen molar-refractivity contribution in [2.45, 2.75) is 32.9 Å². The van der Waals surface area contributed by atoms with Gasteiger partial charge in [-0.25, -0.2) is 4.39 Å². The number of amides is 1. The van der Waals surface area contributed by atoms with Crippen molar-refractivity contribution in [3.05, 3.63) is 65.3 Å². The second-order valence-electron chi connectivity index (χ2n) is 6.46. The highest BCUT2D eigenvalue weighted by molar-refractivity contribution is 6.33. The minimum absolute atomic E-state index is 0.140. The summed E-state index contributed by atoms with van der Waals surface area (Å²) >= 11 is 6.17. The highest BCUT2D eigenvalue weighted by Gasteiger charge is 2.24. The Labute approximate surface area is 173 Å². The van der Waals surface area contributed by atoms with Gasteiger partial charge in [-0.15, -0.1) is 10.2 Å². The Kier molecular flexibility index (Phi) is 6.82. The number of aromatic nitrogens is 2. The molecule has 29 heavy (non-hydrogen) atoms. The summed E-state index contributed by atoms with van der Waals surface area (Å²) in [5.41, 5.74) is 0.629. The zero-order valence-corrected chi connectivity index (χ0v) is 16.9. The van der Waals surface area contributed by atoms with Gasteiger partial charge in [0, 0.05) is 12.6 Å². The molecule has 1 heterocycles. The van der Waals surface area contributed by atoms with Crippen molar-refractivity contribution in [2.24, 2.45) is 0 Å². The molecule has 0 saturated carbocycles. The number of carbonyl (C=O) groups is 1. The summed E-state index contributed by atoms with van der Waals surface area (Å²) in [4.78, 5) is 14.4. The van der Waals surface area contributed by atoms with Crippen molar-refractivity contribution in [3.63, 3.8) is 0 Å². The first-order chi connectivity index (χ1) is 14.0. The van der Waals surface area contributed by atoms with Gasteiger partial charge in [0.25, 0.3) is 5.91 Å². The standard InChI is InChI=1S/C21H21ClFN3O3/c1-3-11-26(21(27)14(2)28-16-8-6-7-15(23)12-16)13-19-24-25-20(29-19)17-9-4-5-10-18(17)22/h4-10,12,14H,3,11,13H2,1-2H3. The molecule has 0 saturated heterocycles. The average Bonchev–Trinajstić information content (AvgIpc) is 3.15. The summed E-state index contributed by atoms with van der Waals surface area (Å²) in [7, 11) is 0. The Bertz CT molecular complexity index is 979. The smallest absolute Gasteiger partial charge is 0.263 e. The van der Waals surface area contributed by atoms with Crippen LogP contribution in [0.4, 0.5) is 4.39 Å². The van der Waals surface area contributed by atoms with Gasteiger partial charge in [0.2, 0.25) is 11.8 Å². The number of hydrogen-bond donors (Lipinski definition) is 0. The first kappa shape index (κ1) is 20.8. The molecule has 1 atom stereocenters. The molecule has 0 fully saturated rings. The monoisotopic (exact) mass is 417 g/mol. The normalized spacial score (nSPS) is 11.9. The molecule has 0 aliphatic rings. The number of rotatable bonds is 8. The van der Waals surface area contributed by atoms with Crippen LogP contribution in [0.25, 0.3) is 11.5 Å². The molecule has 6 nitrogen and oxygen atoms in total. The molecule has 0 aliphatic heterocycles. The van der Waals surface area contributed by atoms with Crippen LogP contribution in [0, 0.1) is 5.82 Å². The van der Waals surface area contributed by atoms with Crippen LogP contribution in [0.5, 0.6) is 5.75 Å². The first-order valence-corrected chi connectivity index (χ1v) is 9.64. The fraction of sp³-hybridized carbons (Fsp3) is 0.286. The predicted octanol–water partition coefficient (Wildman–Crippen LogP) is 4.74. The van der Waals surface area contributed by atoms with Crippen LogP contribution < -0.4 is 4.74 Å². The predicted molar refractivity (Wildman–Crippen MR) is 107 cm³/mol. The maximum atomic E-state index is 13.3. The number of ether oxygens (including phenoxy) is 1. The minimum atomic E-state index is -0.797. The topological polar surface area (TPSA) is 68.5 Å². The maximum absolute atomic E-state index is 13.3. The number of carbonyl (C=O) groups excluding carboxylic acids is 1. The van der Waals surface area contributed by atoms with Crippen LogP contribution in [-0.4, -0.2) is 33.7 Å². The van der Waals surface area contributed by atoms with E-state index in [4.69, 9.17) is 20.8 Å². The van der Waals surface area contributed by atoms with Gasteiger partial charge in [0.1, 0.15) is 11.6 Å². The summed E-state index contributed by atoms with van der Waals surface area (Å²) in [6, 6.07) is 12.8. The zero-order chi connectivity index (χ0) is 20.8. The van der Waals surface area contributed by atoms with Crippen molar-refractivity contribution in [1.29, 1.82) is 0 Å². The quantitative estimate of drug-likeness (QED) is 0.529. The molecule has 1 unspecified atom stereocenters. The molecule has 8 heteroatoms. The molecular weight excluding hydrogens is 397 g/mol. The van der Waals surface area contributed by atoms with Crippen LogP contribution >= 0.6 is 11.6 Å². The van der Waals surface area contributed by atoms with E-state index in [-0.39, 0.29) is 12.5 Å². The number of benzene rings is 2. The van der Waals surface area contributed by atoms with E-state index < -0.39 is 11.9 Å². The lowest BCUT2D eigenvalue weighted by atomic mass is 10.2. The van der Waals surface area contributed by atoms with E-state index in [1.54, 1.807) is 30.0 Å². The van der Waals surface area contributed by atoms with E-state index >= 15 is 0 Å². The Morgan fingerprint density at radius 1 is 1.24 bits per heavy atom. The third-order valence-corrected chi connectivity index (χ3v) is 4.49. The highest BCUT2D eigenvalue weighted by atomic mass is 35.5. The Morgan fingerprint density at radius 3 is 2.76 bits per heavy atom. The first-order valence-electron chi connectivity index (χ1n) is 9.26. The van der Waals surface area contributed by atoms with Crippen molar-refractivity contribution in [1.82, 2.24) is 15.1 Å². The third kappa shape index (κ3) is 5.32. The van der Waals surface area contributed by atoms with Crippen LogP contribution in [0.3, 0.4) is 0 Å². The molecule has 152 valence electrons. The lowest BCUT2D eigenvalue weighted by molar-refractivity contribution is -0.139. The summed E-state index contributed by atoms with van der Waals surface area (Å²) in [6.07, 6.45) is -0.0569. The maximum Gasteiger partial charge on any atom is 0.263 e. The van der Waals surface area contributed by atoms with Gasteiger partial charge in [-0.05, 0) is 37.6 Å². The molecule has 0 N–H and O–H groups in total. The summed E-state index contributed by atoms with van der Waals surface area (Å²) in [5, 5.41) is 8.56. The molecule has 2 aromatic carbocycles. The van der Waals surface area contributed by atoms with Crippen molar-refractivity contribution in [2.75, 3.05) is 6.54 Å². The third-order valence-electron chi connectivity index (χ3n) is 4.16. The Morgan fingerprint density at radius 2 is 2.03 bits per heavy atom.